The first-order chi connectivity index (χ1) is 5.29. The normalized spacial score (nSPS) is 10.6. The molecule has 0 amide bonds. The number of nitrogens with zero attached hydrogens (tertiary/aromatic N) is 1. The number of benzene rings is 1. The van der Waals surface area contributed by atoms with E-state index in [9.17, 15) is 5.11 Å². The maximum absolute atomic E-state index is 9.26. The van der Waals surface area contributed by atoms with E-state index >= 15 is 0 Å². The summed E-state index contributed by atoms with van der Waals surface area (Å²) in [6, 6.07) is 3.41. The molecule has 11 heavy (non-hydrogen) atoms. The molecule has 3 heteroatoms. The number of aromatic hydroxyl groups is 1. The van der Waals surface area contributed by atoms with Gasteiger partial charge in [-0.05, 0) is 18.6 Å². The zero-order valence-corrected chi connectivity index (χ0v) is 6.03. The third-order valence-electron chi connectivity index (χ3n) is 1.66. The Morgan fingerprint density at radius 2 is 2.27 bits per heavy atom. The number of phenolic OH excluding ortho intramolecular Hbond substituents is 1. The van der Waals surface area contributed by atoms with E-state index < -0.39 is 0 Å². The Balaban J connectivity index is 2.96. The largest absolute Gasteiger partial charge is 0.506 e. The van der Waals surface area contributed by atoms with E-state index in [0.717, 1.165) is 5.56 Å². The van der Waals surface area contributed by atoms with Crippen LogP contribution in [0.15, 0.2) is 22.9 Å². The Bertz CT molecular complexity index is 356. The first-order valence-corrected chi connectivity index (χ1v) is 3.31. The van der Waals surface area contributed by atoms with Gasteiger partial charge < -0.3 is 9.52 Å². The molecule has 1 heterocycles. The lowest BCUT2D eigenvalue weighted by atomic mass is 10.2. The average molecular weight is 149 g/mol. The van der Waals surface area contributed by atoms with Crippen molar-refractivity contribution in [3.8, 4) is 5.75 Å². The fourth-order valence-electron chi connectivity index (χ4n) is 1.07. The topological polar surface area (TPSA) is 46.3 Å². The monoisotopic (exact) mass is 149 g/mol. The molecule has 1 N–H and O–H groups in total. The van der Waals surface area contributed by atoms with E-state index in [0.29, 0.717) is 11.1 Å². The van der Waals surface area contributed by atoms with Crippen LogP contribution < -0.4 is 0 Å². The fourth-order valence-corrected chi connectivity index (χ4v) is 1.07. The molecule has 0 spiro atoms. The van der Waals surface area contributed by atoms with Crippen molar-refractivity contribution in [2.45, 2.75) is 6.92 Å². The van der Waals surface area contributed by atoms with Gasteiger partial charge in [-0.15, -0.1) is 0 Å². The molecule has 0 fully saturated rings. The lowest BCUT2D eigenvalue weighted by Crippen LogP contribution is -1.74. The Morgan fingerprint density at radius 3 is 3.00 bits per heavy atom. The molecule has 0 aliphatic heterocycles. The second-order valence-electron chi connectivity index (χ2n) is 2.43. The van der Waals surface area contributed by atoms with Crippen molar-refractivity contribution in [2.75, 3.05) is 0 Å². The fraction of sp³-hybridized carbons (Fsp3) is 0.125. The van der Waals surface area contributed by atoms with Crippen molar-refractivity contribution in [3.63, 3.8) is 0 Å². The molecule has 0 radical (unpaired) electrons. The van der Waals surface area contributed by atoms with Gasteiger partial charge in [0, 0.05) is 0 Å². The maximum Gasteiger partial charge on any atom is 0.182 e. The molecule has 0 saturated heterocycles. The predicted octanol–water partition coefficient (Wildman–Crippen LogP) is 1.84. The molecular weight excluding hydrogens is 142 g/mol. The van der Waals surface area contributed by atoms with Crippen LogP contribution in [-0.4, -0.2) is 10.1 Å². The first-order valence-electron chi connectivity index (χ1n) is 3.31. The van der Waals surface area contributed by atoms with Gasteiger partial charge in [-0.2, -0.15) is 0 Å². The zero-order valence-electron chi connectivity index (χ0n) is 6.03. The molecule has 0 atom stereocenters. The van der Waals surface area contributed by atoms with Crippen molar-refractivity contribution in [3.05, 3.63) is 24.1 Å². The van der Waals surface area contributed by atoms with E-state index in [1.54, 1.807) is 12.1 Å². The summed E-state index contributed by atoms with van der Waals surface area (Å²) in [5.41, 5.74) is 2.17. The van der Waals surface area contributed by atoms with Crippen molar-refractivity contribution in [2.24, 2.45) is 0 Å². The highest BCUT2D eigenvalue weighted by molar-refractivity contribution is 5.81. The van der Waals surface area contributed by atoms with E-state index in [1.807, 2.05) is 6.92 Å². The number of fused-ring (bicyclic) bond motifs is 1. The number of hydrogen-bond donors (Lipinski definition) is 1. The number of aryl methyl sites for hydroxylation is 1. The Morgan fingerprint density at radius 1 is 1.45 bits per heavy atom. The summed E-state index contributed by atoms with van der Waals surface area (Å²) < 4.78 is 5.06. The lowest BCUT2D eigenvalue weighted by Gasteiger charge is -1.93. The van der Waals surface area contributed by atoms with Gasteiger partial charge in [-0.25, -0.2) is 4.98 Å². The summed E-state index contributed by atoms with van der Waals surface area (Å²) in [6.45, 7) is 1.91. The maximum atomic E-state index is 9.26. The SMILES string of the molecule is Cc1ccc(O)c2ncoc12. The summed E-state index contributed by atoms with van der Waals surface area (Å²) in [4.78, 5) is 3.86. The quantitative estimate of drug-likeness (QED) is 0.621. The average Bonchev–Trinajstić information content (AvgIpc) is 2.45. The molecule has 0 saturated carbocycles. The number of rotatable bonds is 0. The van der Waals surface area contributed by atoms with Crippen LogP contribution in [0, 0.1) is 6.92 Å². The Labute approximate surface area is 63.3 Å². The van der Waals surface area contributed by atoms with Crippen molar-refractivity contribution < 1.29 is 9.52 Å². The second kappa shape index (κ2) is 1.99. The highest BCUT2D eigenvalue weighted by atomic mass is 16.3. The number of aromatic nitrogens is 1. The van der Waals surface area contributed by atoms with Crippen molar-refractivity contribution >= 4 is 11.1 Å². The third kappa shape index (κ3) is 0.774. The molecule has 0 aliphatic rings. The molecule has 3 nitrogen and oxygen atoms in total. The lowest BCUT2D eigenvalue weighted by molar-refractivity contribution is 0.480. The molecule has 0 aliphatic carbocycles. The van der Waals surface area contributed by atoms with Gasteiger partial charge in [0.1, 0.15) is 5.75 Å². The Kier molecular flexibility index (Phi) is 1.12. The second-order valence-corrected chi connectivity index (χ2v) is 2.43. The van der Waals surface area contributed by atoms with Gasteiger partial charge in [0.05, 0.1) is 0 Å². The third-order valence-corrected chi connectivity index (χ3v) is 1.66. The summed E-state index contributed by atoms with van der Waals surface area (Å²) in [6.07, 6.45) is 1.33. The minimum absolute atomic E-state index is 0.166. The number of phenols is 1. The van der Waals surface area contributed by atoms with E-state index in [1.165, 1.54) is 6.39 Å². The van der Waals surface area contributed by atoms with Gasteiger partial charge in [-0.3, -0.25) is 0 Å². The molecule has 1 aromatic heterocycles. The van der Waals surface area contributed by atoms with Crippen LogP contribution in [0.3, 0.4) is 0 Å². The van der Waals surface area contributed by atoms with Crippen LogP contribution in [0.1, 0.15) is 5.56 Å². The minimum Gasteiger partial charge on any atom is -0.506 e. The summed E-state index contributed by atoms with van der Waals surface area (Å²) in [7, 11) is 0. The van der Waals surface area contributed by atoms with Crippen molar-refractivity contribution in [1.82, 2.24) is 4.98 Å². The molecule has 1 aromatic carbocycles. The van der Waals surface area contributed by atoms with Crippen LogP contribution in [0.4, 0.5) is 0 Å². The Hall–Kier alpha value is -1.51. The first kappa shape index (κ1) is 6.22. The predicted molar refractivity (Wildman–Crippen MR) is 40.4 cm³/mol. The van der Waals surface area contributed by atoms with Crippen LogP contribution in [0.25, 0.3) is 11.1 Å². The minimum atomic E-state index is 0.166. The molecule has 56 valence electrons. The highest BCUT2D eigenvalue weighted by Crippen LogP contribution is 2.25. The van der Waals surface area contributed by atoms with Crippen LogP contribution in [0.2, 0.25) is 0 Å². The standard InChI is InChI=1S/C8H7NO2/c1-5-2-3-6(10)7-8(5)11-4-9-7/h2-4,10H,1H3. The summed E-state index contributed by atoms with van der Waals surface area (Å²) >= 11 is 0. The smallest absolute Gasteiger partial charge is 0.182 e. The molecule has 2 rings (SSSR count). The summed E-state index contributed by atoms with van der Waals surface area (Å²) in [5, 5.41) is 9.26. The molecule has 0 unspecified atom stereocenters. The van der Waals surface area contributed by atoms with Crippen LogP contribution in [0.5, 0.6) is 5.75 Å². The molecule has 2 aromatic rings. The number of oxazole rings is 1. The van der Waals surface area contributed by atoms with E-state index in [2.05, 4.69) is 4.98 Å². The van der Waals surface area contributed by atoms with Gasteiger partial charge in [0.2, 0.25) is 0 Å². The van der Waals surface area contributed by atoms with Gasteiger partial charge in [0.25, 0.3) is 0 Å². The van der Waals surface area contributed by atoms with E-state index in [-0.39, 0.29) is 5.75 Å². The van der Waals surface area contributed by atoms with Gasteiger partial charge in [0.15, 0.2) is 17.5 Å². The van der Waals surface area contributed by atoms with E-state index in [4.69, 9.17) is 4.42 Å². The highest BCUT2D eigenvalue weighted by Gasteiger charge is 2.05. The summed E-state index contributed by atoms with van der Waals surface area (Å²) in [5.74, 6) is 0.166. The van der Waals surface area contributed by atoms with Crippen LogP contribution in [-0.2, 0) is 0 Å². The zero-order chi connectivity index (χ0) is 7.84. The van der Waals surface area contributed by atoms with Gasteiger partial charge >= 0.3 is 0 Å². The molecular formula is C8H7NO2. The molecule has 0 bridgehead atoms. The van der Waals surface area contributed by atoms with Gasteiger partial charge in [-0.1, -0.05) is 6.07 Å². The van der Waals surface area contributed by atoms with Crippen molar-refractivity contribution in [1.29, 1.82) is 0 Å². The van der Waals surface area contributed by atoms with Crippen LogP contribution >= 0.6 is 0 Å². The number of hydrogen-bond acceptors (Lipinski definition) is 3.